The fourth-order valence-corrected chi connectivity index (χ4v) is 2.49. The molecule has 1 heterocycles. The molecule has 0 spiro atoms. The van der Waals surface area contributed by atoms with Crippen molar-refractivity contribution in [1.82, 2.24) is 5.32 Å². The molecule has 0 aliphatic carbocycles. The molecule has 1 amide bonds. The molecule has 0 saturated heterocycles. The SMILES string of the molecule is O=C(C[n+]1ccc(C(=O)NCc2ccccc2)cc1)c1ccc(F)cc1. The number of nitrogens with zero attached hydrogens (tertiary/aromatic N) is 1. The van der Waals surface area contributed by atoms with Gasteiger partial charge in [0.15, 0.2) is 12.4 Å². The van der Waals surface area contributed by atoms with E-state index in [2.05, 4.69) is 5.32 Å². The summed E-state index contributed by atoms with van der Waals surface area (Å²) < 4.78 is 14.6. The van der Waals surface area contributed by atoms with E-state index < -0.39 is 0 Å². The number of carbonyl (C=O) groups is 2. The van der Waals surface area contributed by atoms with Crippen molar-refractivity contribution >= 4 is 11.7 Å². The van der Waals surface area contributed by atoms with Crippen LogP contribution in [0.4, 0.5) is 4.39 Å². The monoisotopic (exact) mass is 349 g/mol. The molecule has 3 aromatic rings. The molecule has 1 N–H and O–H groups in total. The number of amides is 1. The number of hydrogen-bond donors (Lipinski definition) is 1. The van der Waals surface area contributed by atoms with Crippen molar-refractivity contribution < 1.29 is 18.5 Å². The van der Waals surface area contributed by atoms with Crippen molar-refractivity contribution in [3.8, 4) is 0 Å². The van der Waals surface area contributed by atoms with Gasteiger partial charge in [-0.3, -0.25) is 9.59 Å². The van der Waals surface area contributed by atoms with E-state index in [1.165, 1.54) is 24.3 Å². The summed E-state index contributed by atoms with van der Waals surface area (Å²) in [6.07, 6.45) is 3.36. The van der Waals surface area contributed by atoms with E-state index in [-0.39, 0.29) is 24.1 Å². The van der Waals surface area contributed by atoms with Gasteiger partial charge in [-0.15, -0.1) is 0 Å². The van der Waals surface area contributed by atoms with Crippen LogP contribution in [0.2, 0.25) is 0 Å². The Kier molecular flexibility index (Phi) is 5.49. The van der Waals surface area contributed by atoms with Crippen LogP contribution in [-0.2, 0) is 13.1 Å². The summed E-state index contributed by atoms with van der Waals surface area (Å²) in [4.78, 5) is 24.4. The molecule has 4 nitrogen and oxygen atoms in total. The average Bonchev–Trinajstić information content (AvgIpc) is 2.68. The third kappa shape index (κ3) is 4.60. The number of halogens is 1. The molecule has 0 radical (unpaired) electrons. The minimum Gasteiger partial charge on any atom is -0.348 e. The zero-order valence-corrected chi connectivity index (χ0v) is 14.1. The van der Waals surface area contributed by atoms with Crippen LogP contribution in [0.25, 0.3) is 0 Å². The fraction of sp³-hybridized carbons (Fsp3) is 0.0952. The summed E-state index contributed by atoms with van der Waals surface area (Å²) in [6.45, 7) is 0.579. The van der Waals surface area contributed by atoms with Crippen molar-refractivity contribution in [2.24, 2.45) is 0 Å². The van der Waals surface area contributed by atoms with Gasteiger partial charge < -0.3 is 5.32 Å². The maximum absolute atomic E-state index is 12.9. The molecule has 0 bridgehead atoms. The number of benzene rings is 2. The molecule has 0 atom stereocenters. The van der Waals surface area contributed by atoms with Crippen LogP contribution in [0.3, 0.4) is 0 Å². The van der Waals surface area contributed by atoms with Gasteiger partial charge in [0.25, 0.3) is 5.91 Å². The van der Waals surface area contributed by atoms with E-state index in [9.17, 15) is 14.0 Å². The summed E-state index contributed by atoms with van der Waals surface area (Å²) in [6, 6.07) is 18.4. The molecule has 5 heteroatoms. The first-order chi connectivity index (χ1) is 12.6. The van der Waals surface area contributed by atoms with Crippen molar-refractivity contribution in [3.05, 3.63) is 102 Å². The van der Waals surface area contributed by atoms with E-state index in [0.29, 0.717) is 17.7 Å². The normalized spacial score (nSPS) is 10.3. The van der Waals surface area contributed by atoms with Gasteiger partial charge in [-0.25, -0.2) is 4.39 Å². The highest BCUT2D eigenvalue weighted by molar-refractivity contribution is 5.95. The molecule has 0 saturated carbocycles. The first-order valence-electron chi connectivity index (χ1n) is 8.22. The molecular formula is C21H18FN2O2+. The van der Waals surface area contributed by atoms with Crippen molar-refractivity contribution in [1.29, 1.82) is 0 Å². The van der Waals surface area contributed by atoms with E-state index in [1.54, 1.807) is 29.1 Å². The average molecular weight is 349 g/mol. The second-order valence-corrected chi connectivity index (χ2v) is 5.86. The lowest BCUT2D eigenvalue weighted by atomic mass is 10.1. The maximum Gasteiger partial charge on any atom is 0.252 e. The number of hydrogen-bond acceptors (Lipinski definition) is 2. The summed E-state index contributed by atoms with van der Waals surface area (Å²) in [7, 11) is 0. The Balaban J connectivity index is 1.58. The van der Waals surface area contributed by atoms with Crippen LogP contribution >= 0.6 is 0 Å². The first-order valence-corrected chi connectivity index (χ1v) is 8.22. The van der Waals surface area contributed by atoms with E-state index in [0.717, 1.165) is 5.56 Å². The maximum atomic E-state index is 12.9. The number of aromatic nitrogens is 1. The predicted molar refractivity (Wildman–Crippen MR) is 95.0 cm³/mol. The van der Waals surface area contributed by atoms with E-state index in [4.69, 9.17) is 0 Å². The van der Waals surface area contributed by atoms with Crippen LogP contribution < -0.4 is 9.88 Å². The Morgan fingerprint density at radius 2 is 1.50 bits per heavy atom. The van der Waals surface area contributed by atoms with Gasteiger partial charge in [0.2, 0.25) is 12.3 Å². The Morgan fingerprint density at radius 1 is 0.846 bits per heavy atom. The molecule has 1 aromatic heterocycles. The van der Waals surface area contributed by atoms with E-state index >= 15 is 0 Å². The zero-order valence-electron chi connectivity index (χ0n) is 14.1. The van der Waals surface area contributed by atoms with Gasteiger partial charge in [0.05, 0.1) is 5.56 Å². The molecule has 3 rings (SSSR count). The Labute approximate surface area is 150 Å². The molecule has 26 heavy (non-hydrogen) atoms. The van der Waals surface area contributed by atoms with Crippen LogP contribution in [0.1, 0.15) is 26.3 Å². The third-order valence-corrected chi connectivity index (χ3v) is 3.94. The van der Waals surface area contributed by atoms with Gasteiger partial charge in [-0.1, -0.05) is 30.3 Å². The first kappa shape index (κ1) is 17.5. The number of ketones is 1. The summed E-state index contributed by atoms with van der Waals surface area (Å²) in [5.41, 5.74) is 1.99. The molecule has 130 valence electrons. The summed E-state index contributed by atoms with van der Waals surface area (Å²) >= 11 is 0. The highest BCUT2D eigenvalue weighted by Crippen LogP contribution is 2.04. The number of Topliss-reactive ketones (excluding diaryl/α,β-unsaturated/α-hetero) is 1. The Bertz CT molecular complexity index is 892. The molecule has 0 fully saturated rings. The Morgan fingerprint density at radius 3 is 2.15 bits per heavy atom. The lowest BCUT2D eigenvalue weighted by Gasteiger charge is -2.05. The third-order valence-electron chi connectivity index (χ3n) is 3.94. The molecule has 0 aliphatic heterocycles. The minimum atomic E-state index is -0.375. The quantitative estimate of drug-likeness (QED) is 0.549. The van der Waals surface area contributed by atoms with E-state index in [1.807, 2.05) is 30.3 Å². The summed E-state index contributed by atoms with van der Waals surface area (Å²) in [5.74, 6) is -0.679. The predicted octanol–water partition coefficient (Wildman–Crippen LogP) is 2.93. The van der Waals surface area contributed by atoms with Gasteiger partial charge in [0, 0.05) is 24.2 Å². The van der Waals surface area contributed by atoms with Gasteiger partial charge in [-0.05, 0) is 29.8 Å². The largest absolute Gasteiger partial charge is 0.348 e. The second kappa shape index (κ2) is 8.16. The van der Waals surface area contributed by atoms with Crippen LogP contribution in [0, 0.1) is 5.82 Å². The number of rotatable bonds is 6. The van der Waals surface area contributed by atoms with Crippen LogP contribution in [0.5, 0.6) is 0 Å². The number of nitrogens with one attached hydrogen (secondary N) is 1. The van der Waals surface area contributed by atoms with Gasteiger partial charge >= 0.3 is 0 Å². The molecule has 0 unspecified atom stereocenters. The second-order valence-electron chi connectivity index (χ2n) is 5.86. The molecule has 2 aromatic carbocycles. The highest BCUT2D eigenvalue weighted by Gasteiger charge is 2.13. The van der Waals surface area contributed by atoms with Crippen molar-refractivity contribution in [2.75, 3.05) is 0 Å². The zero-order chi connectivity index (χ0) is 18.4. The highest BCUT2D eigenvalue weighted by atomic mass is 19.1. The van der Waals surface area contributed by atoms with Crippen LogP contribution in [-0.4, -0.2) is 11.7 Å². The van der Waals surface area contributed by atoms with Crippen molar-refractivity contribution in [2.45, 2.75) is 13.1 Å². The standard InChI is InChI=1S/C21H17FN2O2/c22-19-8-6-17(7-9-19)20(25)15-24-12-10-18(11-13-24)21(26)23-14-16-4-2-1-3-5-16/h1-13H,14-15H2/p+1. The van der Waals surface area contributed by atoms with Crippen LogP contribution in [0.15, 0.2) is 79.1 Å². The smallest absolute Gasteiger partial charge is 0.252 e. The van der Waals surface area contributed by atoms with Gasteiger partial charge in [-0.2, -0.15) is 4.57 Å². The topological polar surface area (TPSA) is 50.0 Å². The summed E-state index contributed by atoms with van der Waals surface area (Å²) in [5, 5.41) is 2.86. The van der Waals surface area contributed by atoms with Crippen molar-refractivity contribution in [3.63, 3.8) is 0 Å². The molecule has 0 aliphatic rings. The molecular weight excluding hydrogens is 331 g/mol. The lowest BCUT2D eigenvalue weighted by molar-refractivity contribution is -0.683. The Hall–Kier alpha value is -3.34. The minimum absolute atomic E-state index is 0.123. The van der Waals surface area contributed by atoms with Gasteiger partial charge in [0.1, 0.15) is 5.82 Å². The lowest BCUT2D eigenvalue weighted by Crippen LogP contribution is -2.37. The fourth-order valence-electron chi connectivity index (χ4n) is 2.49. The number of carbonyl (C=O) groups excluding carboxylic acids is 2. The number of pyridine rings is 1.